The highest BCUT2D eigenvalue weighted by Crippen LogP contribution is 2.18. The number of guanidine groups is 1. The third-order valence-electron chi connectivity index (χ3n) is 3.39. The third kappa shape index (κ3) is 6.73. The summed E-state index contributed by atoms with van der Waals surface area (Å²) in [7, 11) is 0. The molecule has 1 N–H and O–H groups in total. The number of thioether (sulfide) groups is 1. The highest BCUT2D eigenvalue weighted by atomic mass is 127. The van der Waals surface area contributed by atoms with Gasteiger partial charge < -0.3 is 10.2 Å². The Hall–Kier alpha value is -0.500. The normalized spacial score (nSPS) is 14.8. The van der Waals surface area contributed by atoms with Crippen LogP contribution in [0.4, 0.5) is 4.39 Å². The van der Waals surface area contributed by atoms with Crippen LogP contribution < -0.4 is 5.32 Å². The van der Waals surface area contributed by atoms with Crippen LogP contribution in [0, 0.1) is 5.82 Å². The second-order valence-corrected chi connectivity index (χ2v) is 6.25. The molecule has 0 bridgehead atoms. The van der Waals surface area contributed by atoms with Gasteiger partial charge in [0, 0.05) is 31.1 Å². The molecule has 0 spiro atoms. The molecule has 1 fully saturated rings. The molecule has 124 valence electrons. The third-order valence-corrected chi connectivity index (χ3v) is 4.49. The van der Waals surface area contributed by atoms with Crippen LogP contribution in [-0.4, -0.2) is 42.8 Å². The summed E-state index contributed by atoms with van der Waals surface area (Å²) in [6.45, 7) is 6.11. The summed E-state index contributed by atoms with van der Waals surface area (Å²) in [5.41, 5.74) is 0. The van der Waals surface area contributed by atoms with E-state index in [1.807, 2.05) is 12.1 Å². The molecule has 0 unspecified atom stereocenters. The van der Waals surface area contributed by atoms with Crippen molar-refractivity contribution in [3.63, 3.8) is 0 Å². The first-order valence-corrected chi connectivity index (χ1v) is 8.70. The van der Waals surface area contributed by atoms with Gasteiger partial charge in [-0.25, -0.2) is 4.39 Å². The zero-order valence-corrected chi connectivity index (χ0v) is 16.2. The lowest BCUT2D eigenvalue weighted by Crippen LogP contribution is -2.39. The van der Waals surface area contributed by atoms with E-state index < -0.39 is 0 Å². The molecule has 0 atom stereocenters. The topological polar surface area (TPSA) is 27.6 Å². The Morgan fingerprint density at radius 2 is 1.95 bits per heavy atom. The predicted octanol–water partition coefficient (Wildman–Crippen LogP) is 3.99. The standard InChI is InChI=1S/C16H24FN3S.HI/c1-2-18-16(20-11-3-4-12-20)19-10-5-13-21-15-8-6-14(17)7-9-15;/h6-9H,2-5,10-13H2,1H3,(H,18,19);1H. The average Bonchev–Trinajstić information content (AvgIpc) is 3.02. The quantitative estimate of drug-likeness (QED) is 0.240. The van der Waals surface area contributed by atoms with Crippen molar-refractivity contribution in [2.75, 3.05) is 31.9 Å². The van der Waals surface area contributed by atoms with E-state index in [-0.39, 0.29) is 29.8 Å². The minimum Gasteiger partial charge on any atom is -0.357 e. The SMILES string of the molecule is CCNC(=NCCCSc1ccc(F)cc1)N1CCCC1.I. The molecule has 1 aliphatic rings. The average molecular weight is 437 g/mol. The van der Waals surface area contributed by atoms with Gasteiger partial charge in [-0.1, -0.05) is 0 Å². The minimum absolute atomic E-state index is 0. The molecule has 1 aromatic rings. The van der Waals surface area contributed by atoms with Crippen molar-refractivity contribution >= 4 is 41.7 Å². The van der Waals surface area contributed by atoms with Gasteiger partial charge in [0.15, 0.2) is 5.96 Å². The number of likely N-dealkylation sites (tertiary alicyclic amines) is 1. The van der Waals surface area contributed by atoms with E-state index in [9.17, 15) is 4.39 Å². The van der Waals surface area contributed by atoms with Crippen molar-refractivity contribution in [2.24, 2.45) is 4.99 Å². The largest absolute Gasteiger partial charge is 0.357 e. The van der Waals surface area contributed by atoms with Crippen LogP contribution in [-0.2, 0) is 0 Å². The van der Waals surface area contributed by atoms with Crippen LogP contribution in [0.5, 0.6) is 0 Å². The predicted molar refractivity (Wildman–Crippen MR) is 104 cm³/mol. The molecular formula is C16H25FIN3S. The maximum atomic E-state index is 12.8. The molecule has 0 aromatic heterocycles. The first-order valence-electron chi connectivity index (χ1n) is 7.71. The second-order valence-electron chi connectivity index (χ2n) is 5.09. The fourth-order valence-corrected chi connectivity index (χ4v) is 3.16. The molecule has 6 heteroatoms. The summed E-state index contributed by atoms with van der Waals surface area (Å²) in [6.07, 6.45) is 3.57. The van der Waals surface area contributed by atoms with E-state index in [0.717, 1.165) is 49.2 Å². The van der Waals surface area contributed by atoms with Gasteiger partial charge in [0.2, 0.25) is 0 Å². The fourth-order valence-electron chi connectivity index (χ4n) is 2.33. The molecule has 0 saturated carbocycles. The Morgan fingerprint density at radius 1 is 1.27 bits per heavy atom. The number of halogens is 2. The van der Waals surface area contributed by atoms with Crippen LogP contribution in [0.25, 0.3) is 0 Å². The van der Waals surface area contributed by atoms with E-state index in [2.05, 4.69) is 17.1 Å². The summed E-state index contributed by atoms with van der Waals surface area (Å²) in [4.78, 5) is 8.16. The van der Waals surface area contributed by atoms with Crippen LogP contribution in [0.15, 0.2) is 34.2 Å². The van der Waals surface area contributed by atoms with E-state index >= 15 is 0 Å². The lowest BCUT2D eigenvalue weighted by atomic mass is 10.4. The van der Waals surface area contributed by atoms with E-state index in [1.54, 1.807) is 11.8 Å². The lowest BCUT2D eigenvalue weighted by Gasteiger charge is -2.20. The van der Waals surface area contributed by atoms with Crippen molar-refractivity contribution in [1.82, 2.24) is 10.2 Å². The van der Waals surface area contributed by atoms with Crippen LogP contribution in [0.2, 0.25) is 0 Å². The Kier molecular flexibility index (Phi) is 9.86. The molecular weight excluding hydrogens is 412 g/mol. The summed E-state index contributed by atoms with van der Waals surface area (Å²) in [5.74, 6) is 1.89. The van der Waals surface area contributed by atoms with Gasteiger partial charge in [-0.2, -0.15) is 0 Å². The Balaban J connectivity index is 0.00000242. The summed E-state index contributed by atoms with van der Waals surface area (Å²) < 4.78 is 12.8. The molecule has 1 saturated heterocycles. The number of rotatable bonds is 6. The van der Waals surface area contributed by atoms with Crippen molar-refractivity contribution in [1.29, 1.82) is 0 Å². The summed E-state index contributed by atoms with van der Waals surface area (Å²) >= 11 is 1.76. The Morgan fingerprint density at radius 3 is 2.59 bits per heavy atom. The highest BCUT2D eigenvalue weighted by molar-refractivity contribution is 14.0. The number of benzene rings is 1. The lowest BCUT2D eigenvalue weighted by molar-refractivity contribution is 0.494. The number of hydrogen-bond donors (Lipinski definition) is 1. The molecule has 0 radical (unpaired) electrons. The second kappa shape index (κ2) is 11.1. The van der Waals surface area contributed by atoms with Gasteiger partial charge in [0.05, 0.1) is 0 Å². The van der Waals surface area contributed by atoms with E-state index in [0.29, 0.717) is 0 Å². The maximum Gasteiger partial charge on any atom is 0.193 e. The first kappa shape index (κ1) is 19.5. The number of aliphatic imine (C=N–C) groups is 1. The van der Waals surface area contributed by atoms with E-state index in [1.165, 1.54) is 25.0 Å². The molecule has 22 heavy (non-hydrogen) atoms. The zero-order valence-electron chi connectivity index (χ0n) is 13.1. The summed E-state index contributed by atoms with van der Waals surface area (Å²) in [5, 5.41) is 3.37. The molecule has 1 aromatic carbocycles. The minimum atomic E-state index is -0.176. The van der Waals surface area contributed by atoms with Crippen molar-refractivity contribution < 1.29 is 4.39 Å². The van der Waals surface area contributed by atoms with Gasteiger partial charge in [-0.15, -0.1) is 35.7 Å². The van der Waals surface area contributed by atoms with Crippen LogP contribution >= 0.6 is 35.7 Å². The molecule has 2 rings (SSSR count). The van der Waals surface area contributed by atoms with Gasteiger partial charge >= 0.3 is 0 Å². The van der Waals surface area contributed by atoms with Gasteiger partial charge in [-0.05, 0) is 56.2 Å². The number of nitrogens with one attached hydrogen (secondary N) is 1. The van der Waals surface area contributed by atoms with Gasteiger partial charge in [-0.3, -0.25) is 4.99 Å². The van der Waals surface area contributed by atoms with E-state index in [4.69, 9.17) is 4.99 Å². The molecule has 3 nitrogen and oxygen atoms in total. The highest BCUT2D eigenvalue weighted by Gasteiger charge is 2.14. The van der Waals surface area contributed by atoms with Crippen molar-refractivity contribution in [3.8, 4) is 0 Å². The maximum absolute atomic E-state index is 12.8. The molecule has 0 aliphatic carbocycles. The van der Waals surface area contributed by atoms with Crippen molar-refractivity contribution in [3.05, 3.63) is 30.1 Å². The Labute approximate surface area is 154 Å². The molecule has 1 heterocycles. The Bertz CT molecular complexity index is 447. The first-order chi connectivity index (χ1) is 10.3. The number of nitrogens with zero attached hydrogens (tertiary/aromatic N) is 2. The van der Waals surface area contributed by atoms with Gasteiger partial charge in [0.25, 0.3) is 0 Å². The smallest absolute Gasteiger partial charge is 0.193 e. The zero-order chi connectivity index (χ0) is 14.9. The fraction of sp³-hybridized carbons (Fsp3) is 0.562. The number of hydrogen-bond acceptors (Lipinski definition) is 2. The van der Waals surface area contributed by atoms with Gasteiger partial charge in [0.1, 0.15) is 5.82 Å². The van der Waals surface area contributed by atoms with Crippen molar-refractivity contribution in [2.45, 2.75) is 31.1 Å². The van der Waals surface area contributed by atoms with Crippen LogP contribution in [0.1, 0.15) is 26.2 Å². The monoisotopic (exact) mass is 437 g/mol. The molecule has 0 amide bonds. The molecule has 1 aliphatic heterocycles. The van der Waals surface area contributed by atoms with Crippen LogP contribution in [0.3, 0.4) is 0 Å². The summed E-state index contributed by atoms with van der Waals surface area (Å²) in [6, 6.07) is 6.68.